The van der Waals surface area contributed by atoms with E-state index in [0.29, 0.717) is 13.0 Å². The Kier molecular flexibility index (Phi) is 5.04. The minimum atomic E-state index is -3.75. The SMILES string of the molecule is C=CCCC(C(=O)N1CCc2ccccc21)S(=O)(=O)c1ccccc1. The highest BCUT2D eigenvalue weighted by Gasteiger charge is 2.38. The van der Waals surface area contributed by atoms with Gasteiger partial charge in [0.15, 0.2) is 9.84 Å². The van der Waals surface area contributed by atoms with Crippen molar-refractivity contribution in [3.63, 3.8) is 0 Å². The van der Waals surface area contributed by atoms with E-state index < -0.39 is 15.1 Å². The number of nitrogens with zero attached hydrogens (tertiary/aromatic N) is 1. The summed E-state index contributed by atoms with van der Waals surface area (Å²) < 4.78 is 26.1. The summed E-state index contributed by atoms with van der Waals surface area (Å²) in [7, 11) is -3.75. The number of para-hydroxylation sites is 1. The summed E-state index contributed by atoms with van der Waals surface area (Å²) in [5.74, 6) is -0.351. The third-order valence-corrected chi connectivity index (χ3v) is 6.62. The minimum Gasteiger partial charge on any atom is -0.311 e. The van der Waals surface area contributed by atoms with Crippen molar-refractivity contribution in [1.29, 1.82) is 0 Å². The van der Waals surface area contributed by atoms with Crippen LogP contribution in [0.5, 0.6) is 0 Å². The van der Waals surface area contributed by atoms with Gasteiger partial charge in [0.2, 0.25) is 5.91 Å². The van der Waals surface area contributed by atoms with Crippen LogP contribution < -0.4 is 4.90 Å². The third-order valence-electron chi connectivity index (χ3n) is 4.51. The van der Waals surface area contributed by atoms with Gasteiger partial charge < -0.3 is 4.90 Å². The molecule has 1 aliphatic heterocycles. The zero-order chi connectivity index (χ0) is 17.9. The van der Waals surface area contributed by atoms with E-state index in [0.717, 1.165) is 17.7 Å². The molecule has 5 heteroatoms. The molecular weight excluding hydrogens is 334 g/mol. The molecule has 0 saturated heterocycles. The Hall–Kier alpha value is -2.40. The second-order valence-electron chi connectivity index (χ2n) is 6.08. The minimum absolute atomic E-state index is 0.185. The van der Waals surface area contributed by atoms with Crippen molar-refractivity contribution in [3.8, 4) is 0 Å². The zero-order valence-corrected chi connectivity index (χ0v) is 14.8. The van der Waals surface area contributed by atoms with Gasteiger partial charge in [-0.25, -0.2) is 8.42 Å². The van der Waals surface area contributed by atoms with Crippen LogP contribution in [-0.4, -0.2) is 26.1 Å². The molecule has 25 heavy (non-hydrogen) atoms. The Labute approximate surface area is 148 Å². The summed E-state index contributed by atoms with van der Waals surface area (Å²) in [5, 5.41) is -1.10. The molecule has 1 heterocycles. The van der Waals surface area contributed by atoms with E-state index >= 15 is 0 Å². The van der Waals surface area contributed by atoms with Crippen LogP contribution in [0.2, 0.25) is 0 Å². The molecule has 0 bridgehead atoms. The first-order chi connectivity index (χ1) is 12.1. The van der Waals surface area contributed by atoms with Gasteiger partial charge in [-0.3, -0.25) is 4.79 Å². The lowest BCUT2D eigenvalue weighted by Crippen LogP contribution is -2.42. The second kappa shape index (κ2) is 7.23. The van der Waals surface area contributed by atoms with E-state index in [1.165, 1.54) is 0 Å². The van der Waals surface area contributed by atoms with E-state index in [4.69, 9.17) is 0 Å². The second-order valence-corrected chi connectivity index (χ2v) is 8.21. The van der Waals surface area contributed by atoms with Gasteiger partial charge in [-0.2, -0.15) is 0 Å². The third kappa shape index (κ3) is 3.37. The molecule has 0 N–H and O–H groups in total. The number of hydrogen-bond acceptors (Lipinski definition) is 3. The molecule has 130 valence electrons. The molecule has 3 rings (SSSR count). The number of carbonyl (C=O) groups is 1. The number of anilines is 1. The molecule has 2 aromatic rings. The summed E-state index contributed by atoms with van der Waals surface area (Å²) in [5.41, 5.74) is 1.90. The number of fused-ring (bicyclic) bond motifs is 1. The van der Waals surface area contributed by atoms with E-state index in [1.54, 1.807) is 41.3 Å². The lowest BCUT2D eigenvalue weighted by atomic mass is 10.1. The van der Waals surface area contributed by atoms with Gasteiger partial charge in [0.1, 0.15) is 5.25 Å². The first kappa shape index (κ1) is 17.4. The highest BCUT2D eigenvalue weighted by atomic mass is 32.2. The van der Waals surface area contributed by atoms with E-state index in [9.17, 15) is 13.2 Å². The maximum Gasteiger partial charge on any atom is 0.245 e. The van der Waals surface area contributed by atoms with Crippen molar-refractivity contribution < 1.29 is 13.2 Å². The van der Waals surface area contributed by atoms with E-state index in [1.807, 2.05) is 24.3 Å². The van der Waals surface area contributed by atoms with Gasteiger partial charge in [-0.1, -0.05) is 42.5 Å². The molecule has 1 unspecified atom stereocenters. The van der Waals surface area contributed by atoms with Crippen molar-refractivity contribution in [3.05, 3.63) is 72.8 Å². The summed E-state index contributed by atoms with van der Waals surface area (Å²) in [6.45, 7) is 4.18. The fourth-order valence-electron chi connectivity index (χ4n) is 3.20. The van der Waals surface area contributed by atoms with Gasteiger partial charge >= 0.3 is 0 Å². The standard InChI is InChI=1S/C20H21NO3S/c1-2-3-13-19(25(23,24)17-10-5-4-6-11-17)20(22)21-15-14-16-9-7-8-12-18(16)21/h2,4-12,19H,1,3,13-15H2. The number of carbonyl (C=O) groups excluding carboxylic acids is 1. The Balaban J connectivity index is 1.97. The first-order valence-corrected chi connectivity index (χ1v) is 9.89. The van der Waals surface area contributed by atoms with Crippen LogP contribution in [0, 0.1) is 0 Å². The van der Waals surface area contributed by atoms with Crippen LogP contribution in [0.3, 0.4) is 0 Å². The normalized spacial score (nSPS) is 14.8. The fourth-order valence-corrected chi connectivity index (χ4v) is 4.90. The molecule has 0 aliphatic carbocycles. The molecule has 0 spiro atoms. The number of amides is 1. The van der Waals surface area contributed by atoms with Crippen LogP contribution in [0.1, 0.15) is 18.4 Å². The number of benzene rings is 2. The topological polar surface area (TPSA) is 54.5 Å². The molecule has 1 amide bonds. The summed E-state index contributed by atoms with van der Waals surface area (Å²) in [6, 6.07) is 15.9. The molecule has 1 atom stereocenters. The van der Waals surface area contributed by atoms with E-state index in [-0.39, 0.29) is 17.2 Å². The summed E-state index contributed by atoms with van der Waals surface area (Å²) in [4.78, 5) is 14.9. The highest BCUT2D eigenvalue weighted by Crippen LogP contribution is 2.30. The van der Waals surface area contributed by atoms with Crippen molar-refractivity contribution in [2.24, 2.45) is 0 Å². The largest absolute Gasteiger partial charge is 0.311 e. The quantitative estimate of drug-likeness (QED) is 0.747. The average molecular weight is 355 g/mol. The predicted octanol–water partition coefficient (Wildman–Crippen LogP) is 3.38. The lowest BCUT2D eigenvalue weighted by molar-refractivity contribution is -0.118. The van der Waals surface area contributed by atoms with Gasteiger partial charge in [-0.05, 0) is 43.0 Å². The number of hydrogen-bond donors (Lipinski definition) is 0. The molecular formula is C20H21NO3S. The van der Waals surface area contributed by atoms with E-state index in [2.05, 4.69) is 6.58 Å². The molecule has 0 saturated carbocycles. The zero-order valence-electron chi connectivity index (χ0n) is 14.0. The number of allylic oxidation sites excluding steroid dienone is 1. The van der Waals surface area contributed by atoms with Crippen molar-refractivity contribution in [2.75, 3.05) is 11.4 Å². The van der Waals surface area contributed by atoms with Crippen molar-refractivity contribution in [1.82, 2.24) is 0 Å². The molecule has 0 radical (unpaired) electrons. The first-order valence-electron chi connectivity index (χ1n) is 8.35. The van der Waals surface area contributed by atoms with Crippen molar-refractivity contribution >= 4 is 21.4 Å². The Morgan fingerprint density at radius 2 is 1.80 bits per heavy atom. The maximum atomic E-state index is 13.1. The van der Waals surface area contributed by atoms with Crippen LogP contribution in [0.25, 0.3) is 0 Å². The molecule has 0 aromatic heterocycles. The van der Waals surface area contributed by atoms with Crippen LogP contribution >= 0.6 is 0 Å². The van der Waals surface area contributed by atoms with Gasteiger partial charge in [0, 0.05) is 12.2 Å². The molecule has 2 aromatic carbocycles. The van der Waals surface area contributed by atoms with Gasteiger partial charge in [0.05, 0.1) is 4.90 Å². The van der Waals surface area contributed by atoms with Crippen LogP contribution in [0.15, 0.2) is 72.1 Å². The summed E-state index contributed by atoms with van der Waals surface area (Å²) in [6.07, 6.45) is 3.11. The molecule has 0 fully saturated rings. The monoisotopic (exact) mass is 355 g/mol. The Morgan fingerprint density at radius 1 is 1.12 bits per heavy atom. The van der Waals surface area contributed by atoms with Crippen LogP contribution in [-0.2, 0) is 21.1 Å². The number of rotatable bonds is 6. The van der Waals surface area contributed by atoms with Gasteiger partial charge in [0.25, 0.3) is 0 Å². The highest BCUT2D eigenvalue weighted by molar-refractivity contribution is 7.92. The van der Waals surface area contributed by atoms with Gasteiger partial charge in [-0.15, -0.1) is 6.58 Å². The molecule has 1 aliphatic rings. The van der Waals surface area contributed by atoms with Crippen LogP contribution in [0.4, 0.5) is 5.69 Å². The average Bonchev–Trinajstić information content (AvgIpc) is 3.06. The van der Waals surface area contributed by atoms with Crippen molar-refractivity contribution in [2.45, 2.75) is 29.4 Å². The summed E-state index contributed by atoms with van der Waals surface area (Å²) >= 11 is 0. The Bertz CT molecular complexity index is 875. The molecule has 4 nitrogen and oxygen atoms in total. The maximum absolute atomic E-state index is 13.1. The number of sulfone groups is 1. The smallest absolute Gasteiger partial charge is 0.245 e. The fraction of sp³-hybridized carbons (Fsp3) is 0.250. The Morgan fingerprint density at radius 3 is 2.52 bits per heavy atom. The lowest BCUT2D eigenvalue weighted by Gasteiger charge is -2.24. The predicted molar refractivity (Wildman–Crippen MR) is 99.3 cm³/mol.